The lowest BCUT2D eigenvalue weighted by Gasteiger charge is -2.15. The summed E-state index contributed by atoms with van der Waals surface area (Å²) in [6.45, 7) is 0.501. The van der Waals surface area contributed by atoms with Crippen molar-refractivity contribution in [1.29, 1.82) is 0 Å². The SMILES string of the molecule is O=C(O)c1ccc(Cl)c(S(=O)(=O)N2CCOC2)c1. The molecule has 0 atom stereocenters. The number of nitrogens with zero attached hydrogens (tertiary/aromatic N) is 1. The lowest BCUT2D eigenvalue weighted by molar-refractivity contribution is 0.0696. The highest BCUT2D eigenvalue weighted by Gasteiger charge is 2.30. The summed E-state index contributed by atoms with van der Waals surface area (Å²) in [5.41, 5.74) is -0.127. The summed E-state index contributed by atoms with van der Waals surface area (Å²) in [5.74, 6) is -1.21. The first-order valence-corrected chi connectivity index (χ1v) is 6.85. The Hall–Kier alpha value is -1.15. The fourth-order valence-corrected chi connectivity index (χ4v) is 3.37. The van der Waals surface area contributed by atoms with Crippen LogP contribution >= 0.6 is 11.6 Å². The molecule has 2 rings (SSSR count). The Morgan fingerprint density at radius 2 is 2.17 bits per heavy atom. The van der Waals surface area contributed by atoms with Crippen molar-refractivity contribution in [3.05, 3.63) is 28.8 Å². The average Bonchev–Trinajstić information content (AvgIpc) is 2.82. The van der Waals surface area contributed by atoms with Gasteiger partial charge in [0.2, 0.25) is 10.0 Å². The lowest BCUT2D eigenvalue weighted by atomic mass is 10.2. The number of halogens is 1. The first-order chi connectivity index (χ1) is 8.43. The molecule has 0 radical (unpaired) electrons. The molecule has 6 nitrogen and oxygen atoms in total. The summed E-state index contributed by atoms with van der Waals surface area (Å²) in [5, 5.41) is 8.85. The number of hydrogen-bond acceptors (Lipinski definition) is 4. The minimum atomic E-state index is -3.81. The Bertz CT molecular complexity index is 580. The van der Waals surface area contributed by atoms with Crippen LogP contribution < -0.4 is 0 Å². The van der Waals surface area contributed by atoms with Gasteiger partial charge >= 0.3 is 5.97 Å². The quantitative estimate of drug-likeness (QED) is 0.899. The molecule has 1 aromatic rings. The van der Waals surface area contributed by atoms with Crippen molar-refractivity contribution in [2.24, 2.45) is 0 Å². The van der Waals surface area contributed by atoms with Gasteiger partial charge in [-0.2, -0.15) is 4.31 Å². The van der Waals surface area contributed by atoms with Gasteiger partial charge in [-0.3, -0.25) is 0 Å². The molecule has 1 saturated heterocycles. The van der Waals surface area contributed by atoms with Crippen molar-refractivity contribution >= 4 is 27.6 Å². The molecule has 18 heavy (non-hydrogen) atoms. The second kappa shape index (κ2) is 4.85. The predicted octanol–water partition coefficient (Wildman–Crippen LogP) is 1.02. The molecular weight excluding hydrogens is 282 g/mol. The van der Waals surface area contributed by atoms with Crippen LogP contribution in [-0.2, 0) is 14.8 Å². The van der Waals surface area contributed by atoms with E-state index in [-0.39, 0.29) is 28.8 Å². The zero-order valence-corrected chi connectivity index (χ0v) is 10.7. The maximum Gasteiger partial charge on any atom is 0.335 e. The maximum atomic E-state index is 12.2. The number of carboxylic acids is 1. The van der Waals surface area contributed by atoms with E-state index in [4.69, 9.17) is 21.4 Å². The van der Waals surface area contributed by atoms with Crippen LogP contribution in [0.1, 0.15) is 10.4 Å². The van der Waals surface area contributed by atoms with Gasteiger partial charge in [-0.25, -0.2) is 13.2 Å². The molecule has 1 N–H and O–H groups in total. The third-order valence-electron chi connectivity index (χ3n) is 2.52. The van der Waals surface area contributed by atoms with Crippen molar-refractivity contribution in [3.63, 3.8) is 0 Å². The Labute approximate surface area is 109 Å². The minimum absolute atomic E-state index is 0.00750. The van der Waals surface area contributed by atoms with Gasteiger partial charge in [0.15, 0.2) is 0 Å². The molecule has 0 spiro atoms. The van der Waals surface area contributed by atoms with E-state index >= 15 is 0 Å². The fraction of sp³-hybridized carbons (Fsp3) is 0.300. The molecule has 0 amide bonds. The van der Waals surface area contributed by atoms with Crippen molar-refractivity contribution in [2.45, 2.75) is 4.90 Å². The topological polar surface area (TPSA) is 83.9 Å². The minimum Gasteiger partial charge on any atom is -0.478 e. The van der Waals surface area contributed by atoms with Gasteiger partial charge in [0.25, 0.3) is 0 Å². The van der Waals surface area contributed by atoms with E-state index in [1.165, 1.54) is 12.1 Å². The van der Waals surface area contributed by atoms with Gasteiger partial charge < -0.3 is 9.84 Å². The average molecular weight is 292 g/mol. The van der Waals surface area contributed by atoms with Crippen molar-refractivity contribution in [3.8, 4) is 0 Å². The Balaban J connectivity index is 2.49. The summed E-state index contributed by atoms with van der Waals surface area (Å²) in [6, 6.07) is 3.57. The van der Waals surface area contributed by atoms with Crippen LogP contribution in [0.4, 0.5) is 0 Å². The third kappa shape index (κ3) is 2.35. The highest BCUT2D eigenvalue weighted by atomic mass is 35.5. The molecule has 98 valence electrons. The standard InChI is InChI=1S/C10H10ClNO5S/c11-8-2-1-7(10(13)14)5-9(8)18(15,16)12-3-4-17-6-12/h1-2,5H,3-4,6H2,(H,13,14). The molecule has 8 heteroatoms. The van der Waals surface area contributed by atoms with Crippen LogP contribution in [-0.4, -0.2) is 43.7 Å². The number of ether oxygens (including phenoxy) is 1. The monoisotopic (exact) mass is 291 g/mol. The first kappa shape index (κ1) is 13.3. The van der Waals surface area contributed by atoms with Crippen LogP contribution in [0.15, 0.2) is 23.1 Å². The summed E-state index contributed by atoms with van der Waals surface area (Å²) in [6.07, 6.45) is 0. The predicted molar refractivity (Wildman–Crippen MR) is 63.1 cm³/mol. The smallest absolute Gasteiger partial charge is 0.335 e. The molecule has 0 bridgehead atoms. The van der Waals surface area contributed by atoms with E-state index in [2.05, 4.69) is 0 Å². The van der Waals surface area contributed by atoms with Gasteiger partial charge in [0.1, 0.15) is 11.6 Å². The highest BCUT2D eigenvalue weighted by molar-refractivity contribution is 7.89. The number of aromatic carboxylic acids is 1. The summed E-state index contributed by atoms with van der Waals surface area (Å²) < 4.78 is 30.5. The van der Waals surface area contributed by atoms with Crippen LogP contribution in [0.5, 0.6) is 0 Å². The molecule has 1 fully saturated rings. The fourth-order valence-electron chi connectivity index (χ4n) is 1.56. The number of benzene rings is 1. The maximum absolute atomic E-state index is 12.2. The van der Waals surface area contributed by atoms with Crippen molar-refractivity contribution < 1.29 is 23.1 Å². The Morgan fingerprint density at radius 3 is 2.72 bits per heavy atom. The van der Waals surface area contributed by atoms with Gasteiger partial charge in [-0.1, -0.05) is 11.6 Å². The van der Waals surface area contributed by atoms with Gasteiger partial charge in [-0.05, 0) is 18.2 Å². The summed E-state index contributed by atoms with van der Waals surface area (Å²) in [7, 11) is -3.81. The lowest BCUT2D eigenvalue weighted by Crippen LogP contribution is -2.28. The third-order valence-corrected chi connectivity index (χ3v) is 4.82. The molecule has 0 aromatic heterocycles. The van der Waals surface area contributed by atoms with Crippen LogP contribution in [0.3, 0.4) is 0 Å². The van der Waals surface area contributed by atoms with Gasteiger partial charge in [0.05, 0.1) is 17.2 Å². The molecule has 0 aliphatic carbocycles. The summed E-state index contributed by atoms with van der Waals surface area (Å²) >= 11 is 5.82. The second-order valence-corrected chi connectivity index (χ2v) is 5.98. The highest BCUT2D eigenvalue weighted by Crippen LogP contribution is 2.26. The molecule has 0 unspecified atom stereocenters. The number of carboxylic acid groups (broad SMARTS) is 1. The normalized spacial score (nSPS) is 16.9. The van der Waals surface area contributed by atoms with E-state index in [0.717, 1.165) is 10.4 Å². The van der Waals surface area contributed by atoms with E-state index in [1.54, 1.807) is 0 Å². The largest absolute Gasteiger partial charge is 0.478 e. The Kier molecular flexibility index (Phi) is 3.58. The zero-order chi connectivity index (χ0) is 13.3. The van der Waals surface area contributed by atoms with Crippen LogP contribution in [0, 0.1) is 0 Å². The number of rotatable bonds is 3. The van der Waals surface area contributed by atoms with Crippen molar-refractivity contribution in [2.75, 3.05) is 19.9 Å². The molecule has 1 heterocycles. The molecule has 0 saturated carbocycles. The van der Waals surface area contributed by atoms with Crippen molar-refractivity contribution in [1.82, 2.24) is 4.31 Å². The zero-order valence-electron chi connectivity index (χ0n) is 9.17. The second-order valence-electron chi connectivity index (χ2n) is 3.67. The number of sulfonamides is 1. The first-order valence-electron chi connectivity index (χ1n) is 5.03. The Morgan fingerprint density at radius 1 is 1.44 bits per heavy atom. The van der Waals surface area contributed by atoms with Crippen LogP contribution in [0.25, 0.3) is 0 Å². The molecule has 1 aromatic carbocycles. The number of hydrogen-bond donors (Lipinski definition) is 1. The number of carbonyl (C=O) groups is 1. The van der Waals surface area contributed by atoms with Gasteiger partial charge in [-0.15, -0.1) is 0 Å². The van der Waals surface area contributed by atoms with E-state index in [9.17, 15) is 13.2 Å². The van der Waals surface area contributed by atoms with Crippen LogP contribution in [0.2, 0.25) is 5.02 Å². The van der Waals surface area contributed by atoms with E-state index in [0.29, 0.717) is 6.61 Å². The molecule has 1 aliphatic rings. The van der Waals surface area contributed by atoms with E-state index in [1.807, 2.05) is 0 Å². The molecular formula is C10H10ClNO5S. The van der Waals surface area contributed by atoms with Gasteiger partial charge in [0, 0.05) is 6.54 Å². The molecule has 1 aliphatic heterocycles. The summed E-state index contributed by atoms with van der Waals surface area (Å²) in [4.78, 5) is 10.6. The van der Waals surface area contributed by atoms with E-state index < -0.39 is 16.0 Å².